The molecule has 6 nitrogen and oxygen atoms in total. The topological polar surface area (TPSA) is 71.1 Å². The number of nitrogens with zero attached hydrogens (tertiary/aromatic N) is 2. The van der Waals surface area contributed by atoms with Gasteiger partial charge in [-0.05, 0) is 38.3 Å². The molecular formula is C21H26FN5O. The van der Waals surface area contributed by atoms with Gasteiger partial charge in [-0.1, -0.05) is 6.08 Å². The van der Waals surface area contributed by atoms with E-state index in [0.717, 1.165) is 42.6 Å². The van der Waals surface area contributed by atoms with E-state index in [-0.39, 0.29) is 5.82 Å². The summed E-state index contributed by atoms with van der Waals surface area (Å²) in [6.07, 6.45) is 4.63. The van der Waals surface area contributed by atoms with E-state index in [0.29, 0.717) is 41.4 Å². The second-order valence-electron chi connectivity index (χ2n) is 7.37. The zero-order valence-electron chi connectivity index (χ0n) is 16.5. The number of allylic oxidation sites excluding steroid dienone is 1. The highest BCUT2D eigenvalue weighted by molar-refractivity contribution is 5.78. The van der Waals surface area contributed by atoms with Gasteiger partial charge in [-0.2, -0.15) is 4.98 Å². The van der Waals surface area contributed by atoms with Crippen LogP contribution >= 0.6 is 0 Å². The number of halogens is 1. The van der Waals surface area contributed by atoms with Crippen LogP contribution in [0.3, 0.4) is 0 Å². The maximum absolute atomic E-state index is 15.6. The molecule has 0 spiro atoms. The summed E-state index contributed by atoms with van der Waals surface area (Å²) >= 11 is 0. The summed E-state index contributed by atoms with van der Waals surface area (Å²) < 4.78 is 21.5. The number of fused-ring (bicyclic) bond motifs is 1. The van der Waals surface area contributed by atoms with Crippen LogP contribution in [0.25, 0.3) is 5.57 Å². The largest absolute Gasteiger partial charge is 0.492 e. The van der Waals surface area contributed by atoms with E-state index < -0.39 is 0 Å². The first-order chi connectivity index (χ1) is 13.5. The monoisotopic (exact) mass is 383 g/mol. The highest BCUT2D eigenvalue weighted by Crippen LogP contribution is 2.42. The average Bonchev–Trinajstić information content (AvgIpc) is 3.02. The van der Waals surface area contributed by atoms with Gasteiger partial charge in [0.1, 0.15) is 11.6 Å². The van der Waals surface area contributed by atoms with Crippen LogP contribution in [0.2, 0.25) is 0 Å². The fourth-order valence-corrected chi connectivity index (χ4v) is 3.75. The van der Waals surface area contributed by atoms with Crippen molar-refractivity contribution < 1.29 is 9.13 Å². The van der Waals surface area contributed by atoms with E-state index in [1.807, 2.05) is 19.1 Å². The van der Waals surface area contributed by atoms with Crippen molar-refractivity contribution in [1.29, 1.82) is 0 Å². The van der Waals surface area contributed by atoms with Crippen LogP contribution in [0, 0.1) is 12.7 Å². The summed E-state index contributed by atoms with van der Waals surface area (Å²) in [5, 5.41) is 9.51. The van der Waals surface area contributed by atoms with Crippen molar-refractivity contribution in [3.63, 3.8) is 0 Å². The number of nitrogens with one attached hydrogen (secondary N) is 3. The molecule has 0 unspecified atom stereocenters. The molecule has 28 heavy (non-hydrogen) atoms. The van der Waals surface area contributed by atoms with Gasteiger partial charge in [0.15, 0.2) is 5.82 Å². The predicted octanol–water partition coefficient (Wildman–Crippen LogP) is 3.80. The maximum Gasteiger partial charge on any atom is 0.229 e. The molecule has 148 valence electrons. The first-order valence-corrected chi connectivity index (χ1v) is 9.76. The molecule has 2 aliphatic rings. The third-order valence-electron chi connectivity index (χ3n) is 5.25. The predicted molar refractivity (Wildman–Crippen MR) is 110 cm³/mol. The molecule has 3 heterocycles. The molecule has 0 saturated heterocycles. The minimum absolute atomic E-state index is 0.308. The van der Waals surface area contributed by atoms with Gasteiger partial charge < -0.3 is 20.7 Å². The normalized spacial score (nSPS) is 18.7. The highest BCUT2D eigenvalue weighted by atomic mass is 19.1. The standard InChI is InChI=1S/C21H26FN5O/c1-12-4-5-14(6-8-24-12)18-19(22)16(11-15-7-9-28-20(15)18)26-21-25-13(2)10-17(23-3)27-21/h6,10-12,24H,4-5,7-9H2,1-3H3,(H2,23,25,26,27)/t12-/m0/s1. The van der Waals surface area contributed by atoms with Crippen molar-refractivity contribution in [3.8, 4) is 5.75 Å². The lowest BCUT2D eigenvalue weighted by molar-refractivity contribution is 0.354. The van der Waals surface area contributed by atoms with Crippen molar-refractivity contribution in [2.75, 3.05) is 30.8 Å². The quantitative estimate of drug-likeness (QED) is 0.746. The van der Waals surface area contributed by atoms with Gasteiger partial charge in [0.05, 0.1) is 17.9 Å². The van der Waals surface area contributed by atoms with Crippen LogP contribution in [0.5, 0.6) is 5.75 Å². The second kappa shape index (κ2) is 7.75. The van der Waals surface area contributed by atoms with Crippen LogP contribution in [0.4, 0.5) is 21.8 Å². The molecule has 4 rings (SSSR count). The van der Waals surface area contributed by atoms with Crippen LogP contribution in [0.1, 0.15) is 36.6 Å². The summed E-state index contributed by atoms with van der Waals surface area (Å²) in [6, 6.07) is 4.07. The fourth-order valence-electron chi connectivity index (χ4n) is 3.75. The van der Waals surface area contributed by atoms with Crippen LogP contribution in [0.15, 0.2) is 18.2 Å². The lowest BCUT2D eigenvalue weighted by Gasteiger charge is -2.17. The Kier molecular flexibility index (Phi) is 5.17. The molecular weight excluding hydrogens is 357 g/mol. The Labute approximate surface area is 164 Å². The van der Waals surface area contributed by atoms with Crippen molar-refractivity contribution in [2.24, 2.45) is 0 Å². The molecule has 2 aromatic rings. The van der Waals surface area contributed by atoms with Crippen LogP contribution in [-0.2, 0) is 6.42 Å². The van der Waals surface area contributed by atoms with E-state index in [4.69, 9.17) is 4.74 Å². The smallest absolute Gasteiger partial charge is 0.229 e. The molecule has 1 atom stereocenters. The van der Waals surface area contributed by atoms with Crippen molar-refractivity contribution in [1.82, 2.24) is 15.3 Å². The first kappa shape index (κ1) is 18.7. The number of hydrogen-bond acceptors (Lipinski definition) is 6. The van der Waals surface area contributed by atoms with Gasteiger partial charge >= 0.3 is 0 Å². The van der Waals surface area contributed by atoms with E-state index >= 15 is 4.39 Å². The molecule has 0 aliphatic carbocycles. The number of benzene rings is 1. The summed E-state index contributed by atoms with van der Waals surface area (Å²) in [7, 11) is 1.80. The third-order valence-corrected chi connectivity index (χ3v) is 5.25. The van der Waals surface area contributed by atoms with Crippen molar-refractivity contribution in [3.05, 3.63) is 40.8 Å². The minimum atomic E-state index is -0.308. The van der Waals surface area contributed by atoms with Gasteiger partial charge in [0.25, 0.3) is 0 Å². The average molecular weight is 383 g/mol. The maximum atomic E-state index is 15.6. The van der Waals surface area contributed by atoms with E-state index in [9.17, 15) is 0 Å². The second-order valence-corrected chi connectivity index (χ2v) is 7.37. The zero-order chi connectivity index (χ0) is 19.7. The number of aryl methyl sites for hydroxylation is 1. The summed E-state index contributed by atoms with van der Waals surface area (Å²) in [5.74, 6) is 1.44. The van der Waals surface area contributed by atoms with E-state index in [2.05, 4.69) is 38.9 Å². The number of rotatable bonds is 4. The van der Waals surface area contributed by atoms with Crippen LogP contribution in [-0.4, -0.2) is 36.2 Å². The molecule has 0 saturated carbocycles. The number of ether oxygens (including phenoxy) is 1. The highest BCUT2D eigenvalue weighted by Gasteiger charge is 2.26. The van der Waals surface area contributed by atoms with Gasteiger partial charge in [-0.15, -0.1) is 0 Å². The van der Waals surface area contributed by atoms with Gasteiger partial charge in [0, 0.05) is 43.4 Å². The zero-order valence-corrected chi connectivity index (χ0v) is 16.5. The molecule has 0 fully saturated rings. The summed E-state index contributed by atoms with van der Waals surface area (Å²) in [5.41, 5.74) is 3.79. The molecule has 1 aromatic heterocycles. The summed E-state index contributed by atoms with van der Waals surface area (Å²) in [6.45, 7) is 5.35. The molecule has 1 aromatic carbocycles. The molecule has 2 aliphatic heterocycles. The molecule has 0 radical (unpaired) electrons. The number of anilines is 3. The SMILES string of the molecule is CNc1cc(C)nc(Nc2cc3c(c(C4=CCN[C@@H](C)CC4)c2F)OCC3)n1. The third kappa shape index (κ3) is 3.67. The fraction of sp³-hybridized carbons (Fsp3) is 0.429. The lowest BCUT2D eigenvalue weighted by Crippen LogP contribution is -2.24. The van der Waals surface area contributed by atoms with Gasteiger partial charge in [0.2, 0.25) is 5.95 Å². The van der Waals surface area contributed by atoms with Gasteiger partial charge in [-0.3, -0.25) is 0 Å². The van der Waals surface area contributed by atoms with Gasteiger partial charge in [-0.25, -0.2) is 9.37 Å². The number of aromatic nitrogens is 2. The molecule has 0 amide bonds. The Bertz CT molecular complexity index is 927. The Morgan fingerprint density at radius 3 is 2.93 bits per heavy atom. The Balaban J connectivity index is 1.75. The Hall–Kier alpha value is -2.67. The minimum Gasteiger partial charge on any atom is -0.492 e. The van der Waals surface area contributed by atoms with Crippen LogP contribution < -0.4 is 20.7 Å². The molecule has 0 bridgehead atoms. The molecule has 7 heteroatoms. The Morgan fingerprint density at radius 2 is 2.11 bits per heavy atom. The van der Waals surface area contributed by atoms with E-state index in [1.165, 1.54) is 0 Å². The molecule has 3 N–H and O–H groups in total. The van der Waals surface area contributed by atoms with E-state index in [1.54, 1.807) is 7.05 Å². The van der Waals surface area contributed by atoms with Crippen molar-refractivity contribution in [2.45, 2.75) is 39.2 Å². The lowest BCUT2D eigenvalue weighted by atomic mass is 9.95. The van der Waals surface area contributed by atoms with Crippen molar-refractivity contribution >= 4 is 23.0 Å². The number of hydrogen-bond donors (Lipinski definition) is 3. The summed E-state index contributed by atoms with van der Waals surface area (Å²) in [4.78, 5) is 8.79. The Morgan fingerprint density at radius 1 is 1.25 bits per heavy atom. The first-order valence-electron chi connectivity index (χ1n) is 9.76.